The van der Waals surface area contributed by atoms with Gasteiger partial charge in [-0.2, -0.15) is 0 Å². The van der Waals surface area contributed by atoms with E-state index in [2.05, 4.69) is 47.5 Å². The van der Waals surface area contributed by atoms with Crippen molar-refractivity contribution >= 4 is 72.3 Å². The van der Waals surface area contributed by atoms with Crippen molar-refractivity contribution in [3.8, 4) is 0 Å². The first-order chi connectivity index (χ1) is 22.0. The molecule has 8 N–H and O–H groups in total. The van der Waals surface area contributed by atoms with E-state index in [1.54, 1.807) is 0 Å². The van der Waals surface area contributed by atoms with Crippen LogP contribution in [-0.4, -0.2) is 121 Å². The Kier molecular flexibility index (Phi) is 9.95. The highest BCUT2D eigenvalue weighted by Gasteiger charge is 2.51. The van der Waals surface area contributed by atoms with Gasteiger partial charge >= 0.3 is 6.72 Å². The summed E-state index contributed by atoms with van der Waals surface area (Å²) in [6.45, 7) is -5.98. The Balaban J connectivity index is 1.17. The SMILES string of the molecule is Nc1ncnc2c1ncn2[C@@H]1OC(COP(O)(=S)O[C@H]2[C@@H](F)[C@H](n3cnc4c(NCO)ncnc43)O[C@@H]2CO)[C@@H](OP(O)S)[C@H]1O. The first-order valence-electron chi connectivity index (χ1n) is 13.2. The Hall–Kier alpha value is -2.34. The van der Waals surface area contributed by atoms with Gasteiger partial charge in [-0.3, -0.25) is 13.7 Å². The van der Waals surface area contributed by atoms with Crippen molar-refractivity contribution in [2.75, 3.05) is 31.0 Å². The molecule has 20 nitrogen and oxygen atoms in total. The van der Waals surface area contributed by atoms with Gasteiger partial charge in [-0.15, -0.1) is 0 Å². The average Bonchev–Trinajstić information content (AvgIpc) is 3.78. The van der Waals surface area contributed by atoms with Gasteiger partial charge < -0.3 is 54.7 Å². The highest BCUT2D eigenvalue weighted by molar-refractivity contribution is 8.41. The number of aliphatic hydroxyl groups is 3. The molecule has 250 valence electrons. The third-order valence-electron chi connectivity index (χ3n) is 7.17. The van der Waals surface area contributed by atoms with Gasteiger partial charge in [-0.25, -0.2) is 34.3 Å². The van der Waals surface area contributed by atoms with E-state index in [-0.39, 0.29) is 34.0 Å². The normalized spacial score (nSPS) is 30.2. The summed E-state index contributed by atoms with van der Waals surface area (Å²) in [6, 6.07) is 0. The van der Waals surface area contributed by atoms with E-state index in [0.717, 1.165) is 0 Å². The molecule has 25 heteroatoms. The molecule has 0 aromatic carbocycles. The second kappa shape index (κ2) is 13.6. The number of nitrogens with two attached hydrogens (primary N) is 1. The van der Waals surface area contributed by atoms with E-state index in [9.17, 15) is 25.1 Å². The maximum Gasteiger partial charge on any atom is 0.325 e. The van der Waals surface area contributed by atoms with Crippen LogP contribution in [0.5, 0.6) is 0 Å². The van der Waals surface area contributed by atoms with Crippen molar-refractivity contribution in [1.29, 1.82) is 0 Å². The Labute approximate surface area is 269 Å². The number of halogens is 1. The van der Waals surface area contributed by atoms with Crippen molar-refractivity contribution in [2.24, 2.45) is 0 Å². The molecular weight excluding hydrogens is 697 g/mol. The van der Waals surface area contributed by atoms with E-state index in [4.69, 9.17) is 40.6 Å². The average molecular weight is 725 g/mol. The van der Waals surface area contributed by atoms with E-state index >= 15 is 4.39 Å². The van der Waals surface area contributed by atoms with Gasteiger partial charge in [0.05, 0.1) is 25.9 Å². The van der Waals surface area contributed by atoms with Crippen LogP contribution in [0, 0.1) is 0 Å². The van der Waals surface area contributed by atoms with Crippen LogP contribution in [-0.2, 0) is 34.9 Å². The summed E-state index contributed by atoms with van der Waals surface area (Å²) < 4.78 is 46.6. The summed E-state index contributed by atoms with van der Waals surface area (Å²) in [4.78, 5) is 45.2. The number of nitrogens with zero attached hydrogens (tertiary/aromatic N) is 8. The fraction of sp³-hybridized carbons (Fsp3) is 0.524. The number of aliphatic hydroxyl groups excluding tert-OH is 3. The summed E-state index contributed by atoms with van der Waals surface area (Å²) in [6.07, 6.45) is -6.37. The number of imidazole rings is 2. The molecule has 0 aliphatic carbocycles. The molecule has 3 unspecified atom stereocenters. The molecule has 6 rings (SSSR count). The van der Waals surface area contributed by atoms with Crippen molar-refractivity contribution in [3.05, 3.63) is 25.3 Å². The Morgan fingerprint density at radius 2 is 1.67 bits per heavy atom. The zero-order valence-corrected chi connectivity index (χ0v) is 26.6. The van der Waals surface area contributed by atoms with Gasteiger partial charge in [0, 0.05) is 0 Å². The molecule has 2 aliphatic rings. The van der Waals surface area contributed by atoms with Crippen LogP contribution < -0.4 is 11.1 Å². The van der Waals surface area contributed by atoms with E-state index < -0.39 is 83.4 Å². The monoisotopic (exact) mass is 724 g/mol. The lowest BCUT2D eigenvalue weighted by Gasteiger charge is -2.26. The lowest BCUT2D eigenvalue weighted by Crippen LogP contribution is -2.36. The molecule has 4 aromatic heterocycles. The number of ether oxygens (including phenoxy) is 2. The molecule has 2 fully saturated rings. The largest absolute Gasteiger partial charge is 0.394 e. The third kappa shape index (κ3) is 6.41. The summed E-state index contributed by atoms with van der Waals surface area (Å²) in [7, 11) is -2.29. The molecular formula is C21H27FN10O10P2S2. The molecule has 0 bridgehead atoms. The Bertz CT molecular complexity index is 1740. The second-order valence-electron chi connectivity index (χ2n) is 9.87. The lowest BCUT2D eigenvalue weighted by molar-refractivity contribution is -0.0539. The van der Waals surface area contributed by atoms with Gasteiger partial charge in [0.2, 0.25) is 7.58 Å². The molecule has 0 amide bonds. The molecule has 6 heterocycles. The number of hydrogen-bond acceptors (Lipinski definition) is 19. The number of alkyl halides is 1. The summed E-state index contributed by atoms with van der Waals surface area (Å²) in [5, 5.41) is 32.8. The first kappa shape index (κ1) is 33.6. The Morgan fingerprint density at radius 1 is 1.02 bits per heavy atom. The van der Waals surface area contributed by atoms with Crippen LogP contribution >= 0.6 is 26.5 Å². The first-order valence-corrected chi connectivity index (χ1v) is 18.2. The molecule has 4 aromatic rings. The second-order valence-corrected chi connectivity index (χ2v) is 14.4. The van der Waals surface area contributed by atoms with Crippen LogP contribution in [0.3, 0.4) is 0 Å². The maximum absolute atomic E-state index is 15.9. The lowest BCUT2D eigenvalue weighted by atomic mass is 10.1. The number of nitrogen functional groups attached to an aromatic ring is 1. The quantitative estimate of drug-likeness (QED) is 0.0507. The van der Waals surface area contributed by atoms with Gasteiger partial charge in [0.15, 0.2) is 47.1 Å². The van der Waals surface area contributed by atoms with Crippen molar-refractivity contribution < 1.29 is 52.5 Å². The van der Waals surface area contributed by atoms with Gasteiger partial charge in [-0.1, -0.05) is 12.2 Å². The number of anilines is 2. The predicted molar refractivity (Wildman–Crippen MR) is 162 cm³/mol. The van der Waals surface area contributed by atoms with Gasteiger partial charge in [0.25, 0.3) is 0 Å². The Morgan fingerprint density at radius 3 is 2.37 bits per heavy atom. The van der Waals surface area contributed by atoms with Crippen LogP contribution in [0.2, 0.25) is 0 Å². The van der Waals surface area contributed by atoms with Crippen molar-refractivity contribution in [2.45, 2.75) is 49.1 Å². The minimum atomic E-state index is -4.29. The molecule has 0 radical (unpaired) electrons. The number of fused-ring (bicyclic) bond motifs is 2. The van der Waals surface area contributed by atoms with E-state index in [0.29, 0.717) is 0 Å². The van der Waals surface area contributed by atoms with Crippen LogP contribution in [0.15, 0.2) is 25.3 Å². The number of aromatic nitrogens is 8. The summed E-state index contributed by atoms with van der Waals surface area (Å²) >= 11 is 9.03. The summed E-state index contributed by atoms with van der Waals surface area (Å²) in [5.41, 5.74) is 6.72. The fourth-order valence-electron chi connectivity index (χ4n) is 5.16. The summed E-state index contributed by atoms with van der Waals surface area (Å²) in [5.74, 6) is 0.291. The number of thiol groups is 1. The maximum atomic E-state index is 15.9. The van der Waals surface area contributed by atoms with Gasteiger partial charge in [-0.05, 0) is 11.8 Å². The molecule has 2 aliphatic heterocycles. The zero-order valence-electron chi connectivity index (χ0n) is 23.1. The number of nitrogens with one attached hydrogen (secondary N) is 1. The minimum absolute atomic E-state index is 0.0970. The zero-order chi connectivity index (χ0) is 32.7. The fourth-order valence-corrected chi connectivity index (χ4v) is 7.41. The van der Waals surface area contributed by atoms with E-state index in [1.807, 2.05) is 0 Å². The van der Waals surface area contributed by atoms with Crippen molar-refractivity contribution in [3.63, 3.8) is 0 Å². The van der Waals surface area contributed by atoms with Crippen LogP contribution in [0.25, 0.3) is 22.3 Å². The minimum Gasteiger partial charge on any atom is -0.394 e. The molecule has 0 spiro atoms. The highest BCUT2D eigenvalue weighted by Crippen LogP contribution is 2.51. The standard InChI is InChI=1S/C21H27FN10O10P2S2/c22-10-14(8(1-33)39-20(10)31-6-29-12-17(30-7-34)25-4-27-19(12)31)42-44(37,46)38-2-9-15(41-43(36)45)13(35)21(40-9)32-5-28-11-16(23)24-3-26-18(11)32/h3-6,8-10,13-15,20-21,33-36,45H,1-2,7H2,(H,37,46)(H2,23,24,26)(H,25,27,30)/t8-,9?,10-,13-,14-,15-,20-,21-,43?,44?/m1/s1. The number of hydrogen-bond donors (Lipinski definition) is 8. The molecule has 46 heavy (non-hydrogen) atoms. The highest BCUT2D eigenvalue weighted by atomic mass is 32.7. The van der Waals surface area contributed by atoms with Crippen LogP contribution in [0.4, 0.5) is 16.0 Å². The number of rotatable bonds is 12. The van der Waals surface area contributed by atoms with E-state index in [1.165, 1.54) is 34.4 Å². The molecule has 0 saturated carbocycles. The third-order valence-corrected chi connectivity index (χ3v) is 9.44. The van der Waals surface area contributed by atoms with Crippen LogP contribution in [0.1, 0.15) is 12.5 Å². The van der Waals surface area contributed by atoms with Crippen molar-refractivity contribution in [1.82, 2.24) is 39.0 Å². The predicted octanol–water partition coefficient (Wildman–Crippen LogP) is -0.751. The molecule has 2 saturated heterocycles. The van der Waals surface area contributed by atoms with Gasteiger partial charge in [0.1, 0.15) is 55.4 Å². The topological polar surface area (TPSA) is 273 Å². The molecule has 10 atom stereocenters. The smallest absolute Gasteiger partial charge is 0.325 e.